The zero-order valence-electron chi connectivity index (χ0n) is 12.9. The van der Waals surface area contributed by atoms with Gasteiger partial charge in [-0.1, -0.05) is 42.1 Å². The van der Waals surface area contributed by atoms with Crippen LogP contribution in [0.25, 0.3) is 10.9 Å². The molecule has 24 heavy (non-hydrogen) atoms. The quantitative estimate of drug-likeness (QED) is 0.366. The predicted molar refractivity (Wildman–Crippen MR) is 101 cm³/mol. The molecule has 4 aromatic rings. The summed E-state index contributed by atoms with van der Waals surface area (Å²) in [5.41, 5.74) is 4.64. The lowest BCUT2D eigenvalue weighted by molar-refractivity contribution is 1.17. The van der Waals surface area contributed by atoms with E-state index in [1.807, 2.05) is 24.0 Å². The molecule has 5 rings (SSSR count). The second-order valence-electron chi connectivity index (χ2n) is 5.75. The molecule has 1 aromatic heterocycles. The average Bonchev–Trinajstić information content (AvgIpc) is 2.65. The lowest BCUT2D eigenvalue weighted by atomic mass is 10.1. The molecular weight excluding hydrogens is 312 g/mol. The topological polar surface area (TPSA) is 16.1 Å². The van der Waals surface area contributed by atoms with Crippen LogP contribution in [0.3, 0.4) is 0 Å². The van der Waals surface area contributed by atoms with Crippen molar-refractivity contribution >= 4 is 39.7 Å². The fraction of sp³-hybridized carbons (Fsp3) is 0. The van der Waals surface area contributed by atoms with Crippen LogP contribution < -0.4 is 4.90 Å². The maximum Gasteiger partial charge on any atom is 0.0703 e. The molecule has 0 saturated carbocycles. The Morgan fingerprint density at radius 2 is 1.42 bits per heavy atom. The van der Waals surface area contributed by atoms with Gasteiger partial charge in [0.05, 0.1) is 16.9 Å². The molecule has 2 heterocycles. The summed E-state index contributed by atoms with van der Waals surface area (Å²) in [7, 11) is 0. The van der Waals surface area contributed by atoms with Crippen LogP contribution in [0, 0.1) is 0 Å². The first kappa shape index (κ1) is 13.6. The van der Waals surface area contributed by atoms with Crippen LogP contribution in [0.5, 0.6) is 0 Å². The Morgan fingerprint density at radius 1 is 0.708 bits per heavy atom. The van der Waals surface area contributed by atoms with E-state index in [2.05, 4.69) is 82.7 Å². The highest BCUT2D eigenvalue weighted by Crippen LogP contribution is 2.51. The van der Waals surface area contributed by atoms with Gasteiger partial charge in [0, 0.05) is 27.1 Å². The van der Waals surface area contributed by atoms with E-state index in [0.29, 0.717) is 0 Å². The second kappa shape index (κ2) is 5.39. The van der Waals surface area contributed by atoms with Crippen molar-refractivity contribution in [1.29, 1.82) is 0 Å². The van der Waals surface area contributed by atoms with Gasteiger partial charge in [0.15, 0.2) is 0 Å². The molecule has 0 spiro atoms. The van der Waals surface area contributed by atoms with Crippen molar-refractivity contribution < 1.29 is 0 Å². The van der Waals surface area contributed by atoms with E-state index in [1.54, 1.807) is 0 Å². The molecule has 0 aliphatic carbocycles. The van der Waals surface area contributed by atoms with E-state index >= 15 is 0 Å². The Morgan fingerprint density at radius 3 is 2.17 bits per heavy atom. The molecule has 1 aliphatic rings. The fourth-order valence-corrected chi connectivity index (χ4v) is 4.24. The van der Waals surface area contributed by atoms with Gasteiger partial charge in [0.25, 0.3) is 0 Å². The smallest absolute Gasteiger partial charge is 0.0703 e. The number of rotatable bonds is 1. The maximum atomic E-state index is 4.43. The molecule has 2 nitrogen and oxygen atoms in total. The van der Waals surface area contributed by atoms with E-state index in [4.69, 9.17) is 0 Å². The molecular formula is C21H14N2S. The van der Waals surface area contributed by atoms with Gasteiger partial charge in [-0.25, -0.2) is 0 Å². The van der Waals surface area contributed by atoms with Crippen LogP contribution in [0.15, 0.2) is 94.9 Å². The Kier molecular flexibility index (Phi) is 3.06. The summed E-state index contributed by atoms with van der Waals surface area (Å²) in [5, 5.41) is 1.16. The third kappa shape index (κ3) is 2.09. The van der Waals surface area contributed by atoms with Gasteiger partial charge in [-0.05, 0) is 48.5 Å². The second-order valence-corrected chi connectivity index (χ2v) is 6.84. The zero-order valence-corrected chi connectivity index (χ0v) is 13.7. The molecule has 0 amide bonds. The first-order valence-electron chi connectivity index (χ1n) is 7.91. The van der Waals surface area contributed by atoms with Crippen molar-refractivity contribution in [3.05, 3.63) is 85.1 Å². The highest BCUT2D eigenvalue weighted by Gasteiger charge is 2.24. The molecule has 1 aliphatic heterocycles. The van der Waals surface area contributed by atoms with Gasteiger partial charge >= 0.3 is 0 Å². The Bertz CT molecular complexity index is 1010. The van der Waals surface area contributed by atoms with E-state index in [1.165, 1.54) is 21.2 Å². The Balaban J connectivity index is 1.77. The summed E-state index contributed by atoms with van der Waals surface area (Å²) in [6.07, 6.45) is 1.84. The molecule has 0 unspecified atom stereocenters. The average molecular weight is 326 g/mol. The van der Waals surface area contributed by atoms with Crippen molar-refractivity contribution in [2.24, 2.45) is 0 Å². The van der Waals surface area contributed by atoms with Crippen molar-refractivity contribution in [1.82, 2.24) is 4.98 Å². The Hall–Kier alpha value is -2.78. The molecule has 0 saturated heterocycles. The zero-order chi connectivity index (χ0) is 15.9. The number of benzene rings is 3. The highest BCUT2D eigenvalue weighted by molar-refractivity contribution is 7.99. The number of anilines is 3. The van der Waals surface area contributed by atoms with Crippen molar-refractivity contribution in [3.63, 3.8) is 0 Å². The molecule has 0 fully saturated rings. The molecule has 0 radical (unpaired) electrons. The minimum atomic E-state index is 1.02. The van der Waals surface area contributed by atoms with Crippen LogP contribution in [0.1, 0.15) is 0 Å². The van der Waals surface area contributed by atoms with Crippen LogP contribution in [0.4, 0.5) is 17.1 Å². The third-order valence-electron chi connectivity index (χ3n) is 4.28. The summed E-state index contributed by atoms with van der Waals surface area (Å²) in [5.74, 6) is 0. The standard InChI is InChI=1S/C21H14N2S/c1-3-9-20-18(7-1)23(19-8-2-4-10-21(19)24-20)16-11-12-17-15(14-16)6-5-13-22-17/h1-14H. The minimum absolute atomic E-state index is 1.02. The summed E-state index contributed by atoms with van der Waals surface area (Å²) in [6.45, 7) is 0. The number of para-hydroxylation sites is 2. The number of pyridine rings is 1. The van der Waals surface area contributed by atoms with Gasteiger partial charge in [-0.3, -0.25) is 4.98 Å². The number of nitrogens with zero attached hydrogens (tertiary/aromatic N) is 2. The van der Waals surface area contributed by atoms with Crippen LogP contribution in [-0.4, -0.2) is 4.98 Å². The maximum absolute atomic E-state index is 4.43. The molecule has 0 atom stereocenters. The minimum Gasteiger partial charge on any atom is -0.308 e. The monoisotopic (exact) mass is 326 g/mol. The summed E-state index contributed by atoms with van der Waals surface area (Å²) >= 11 is 1.83. The first-order valence-corrected chi connectivity index (χ1v) is 8.73. The number of aromatic nitrogens is 1. The van der Waals surface area contributed by atoms with Gasteiger partial charge in [-0.15, -0.1) is 0 Å². The SMILES string of the molecule is c1ccc2c(c1)Sc1ccccc1N2c1ccc2ncccc2c1. The number of hydrogen-bond acceptors (Lipinski definition) is 3. The summed E-state index contributed by atoms with van der Waals surface area (Å²) in [6, 6.07) is 27.7. The molecule has 3 aromatic carbocycles. The molecule has 0 N–H and O–H groups in total. The first-order chi connectivity index (χ1) is 11.9. The Labute approximate surface area is 144 Å². The van der Waals surface area contributed by atoms with Gasteiger partial charge in [-0.2, -0.15) is 0 Å². The lowest BCUT2D eigenvalue weighted by Crippen LogP contribution is -2.14. The van der Waals surface area contributed by atoms with Gasteiger partial charge in [0.1, 0.15) is 0 Å². The van der Waals surface area contributed by atoms with E-state index in [9.17, 15) is 0 Å². The third-order valence-corrected chi connectivity index (χ3v) is 5.41. The normalized spacial score (nSPS) is 12.8. The number of fused-ring (bicyclic) bond motifs is 3. The van der Waals surface area contributed by atoms with E-state index < -0.39 is 0 Å². The molecule has 3 heteroatoms. The summed E-state index contributed by atoms with van der Waals surface area (Å²) in [4.78, 5) is 9.33. The summed E-state index contributed by atoms with van der Waals surface area (Å²) < 4.78 is 0. The predicted octanol–water partition coefficient (Wildman–Crippen LogP) is 6.17. The highest BCUT2D eigenvalue weighted by atomic mass is 32.2. The van der Waals surface area contributed by atoms with Crippen molar-refractivity contribution in [2.75, 3.05) is 4.90 Å². The molecule has 114 valence electrons. The molecule has 0 bridgehead atoms. The lowest BCUT2D eigenvalue weighted by Gasteiger charge is -2.32. The van der Waals surface area contributed by atoms with Crippen LogP contribution in [-0.2, 0) is 0 Å². The van der Waals surface area contributed by atoms with E-state index in [0.717, 1.165) is 16.6 Å². The largest absolute Gasteiger partial charge is 0.308 e. The van der Waals surface area contributed by atoms with Crippen LogP contribution in [0.2, 0.25) is 0 Å². The van der Waals surface area contributed by atoms with E-state index in [-0.39, 0.29) is 0 Å². The van der Waals surface area contributed by atoms with Crippen LogP contribution >= 0.6 is 11.8 Å². The van der Waals surface area contributed by atoms with Gasteiger partial charge < -0.3 is 4.90 Å². The van der Waals surface area contributed by atoms with Crippen molar-refractivity contribution in [3.8, 4) is 0 Å². The van der Waals surface area contributed by atoms with Gasteiger partial charge in [0.2, 0.25) is 0 Å². The fourth-order valence-electron chi connectivity index (χ4n) is 3.18. The number of hydrogen-bond donors (Lipinski definition) is 0. The van der Waals surface area contributed by atoms with Crippen molar-refractivity contribution in [2.45, 2.75) is 9.79 Å².